The highest BCUT2D eigenvalue weighted by Crippen LogP contribution is 2.32. The highest BCUT2D eigenvalue weighted by atomic mass is 16.5. The molecule has 0 bridgehead atoms. The summed E-state index contributed by atoms with van der Waals surface area (Å²) in [6.07, 6.45) is 11.6. The second kappa shape index (κ2) is 10.1. The van der Waals surface area contributed by atoms with E-state index in [0.717, 1.165) is 49.3 Å². The van der Waals surface area contributed by atoms with Gasteiger partial charge in [0, 0.05) is 12.1 Å². The summed E-state index contributed by atoms with van der Waals surface area (Å²) in [5.41, 5.74) is 1.97. The third kappa shape index (κ3) is 5.03. The van der Waals surface area contributed by atoms with Gasteiger partial charge in [0.05, 0.1) is 6.61 Å². The number of hydrogen-bond donors (Lipinski definition) is 0. The molecule has 2 aromatic rings. The summed E-state index contributed by atoms with van der Waals surface area (Å²) in [6, 6.07) is 5.89. The standard InChI is InChI=1S/C22H30N4O2/c1-3-4-5-6-7-8-14-27-20-12-11-18(15-17(20)2)21-24-22(28-25-21)19-10-9-13-26(19)16-23/h11-12,15,19H,3-10,13-14H2,1-2H3/t19-/m0/s1. The first-order valence-corrected chi connectivity index (χ1v) is 10.5. The van der Waals surface area contributed by atoms with Gasteiger partial charge in [-0.05, 0) is 49.9 Å². The summed E-state index contributed by atoms with van der Waals surface area (Å²) in [5, 5.41) is 13.3. The summed E-state index contributed by atoms with van der Waals surface area (Å²) in [6.45, 7) is 5.78. The van der Waals surface area contributed by atoms with E-state index in [2.05, 4.69) is 23.3 Å². The fourth-order valence-corrected chi connectivity index (χ4v) is 3.65. The lowest BCUT2D eigenvalue weighted by Gasteiger charge is -2.13. The van der Waals surface area contributed by atoms with Gasteiger partial charge in [-0.25, -0.2) is 0 Å². The molecule has 1 aliphatic heterocycles. The monoisotopic (exact) mass is 382 g/mol. The van der Waals surface area contributed by atoms with Crippen LogP contribution >= 0.6 is 0 Å². The largest absolute Gasteiger partial charge is 0.493 e. The lowest BCUT2D eigenvalue weighted by molar-refractivity contribution is 0.274. The minimum absolute atomic E-state index is 0.0905. The van der Waals surface area contributed by atoms with Crippen molar-refractivity contribution in [1.29, 1.82) is 5.26 Å². The maximum atomic E-state index is 9.20. The average Bonchev–Trinajstić information content (AvgIpc) is 3.37. The Labute approximate surface area is 167 Å². The van der Waals surface area contributed by atoms with Crippen molar-refractivity contribution >= 4 is 0 Å². The molecule has 1 fully saturated rings. The molecule has 1 aliphatic rings. The van der Waals surface area contributed by atoms with E-state index in [4.69, 9.17) is 9.26 Å². The fraction of sp³-hybridized carbons (Fsp3) is 0.591. The lowest BCUT2D eigenvalue weighted by Crippen LogP contribution is -2.17. The Morgan fingerprint density at radius 3 is 2.86 bits per heavy atom. The number of ether oxygens (including phenoxy) is 1. The Bertz CT molecular complexity index is 796. The normalized spacial score (nSPS) is 16.3. The maximum Gasteiger partial charge on any atom is 0.250 e. The summed E-state index contributed by atoms with van der Waals surface area (Å²) in [5.74, 6) is 1.99. The minimum Gasteiger partial charge on any atom is -0.493 e. The SMILES string of the molecule is CCCCCCCCOc1ccc(-c2noc([C@@H]3CCCN3C#N)n2)cc1C. The molecular weight excluding hydrogens is 352 g/mol. The van der Waals surface area contributed by atoms with Gasteiger partial charge in [0.25, 0.3) is 0 Å². The van der Waals surface area contributed by atoms with Gasteiger partial charge in [-0.2, -0.15) is 10.2 Å². The number of unbranched alkanes of at least 4 members (excludes halogenated alkanes) is 5. The third-order valence-corrected chi connectivity index (χ3v) is 5.30. The molecule has 0 saturated carbocycles. The van der Waals surface area contributed by atoms with Crippen molar-refractivity contribution in [3.63, 3.8) is 0 Å². The molecule has 1 atom stereocenters. The van der Waals surface area contributed by atoms with Crippen LogP contribution in [0, 0.1) is 18.4 Å². The van der Waals surface area contributed by atoms with Crippen molar-refractivity contribution < 1.29 is 9.26 Å². The van der Waals surface area contributed by atoms with E-state index in [1.54, 1.807) is 4.90 Å². The molecule has 6 nitrogen and oxygen atoms in total. The molecule has 0 radical (unpaired) electrons. The van der Waals surface area contributed by atoms with Crippen LogP contribution in [0.4, 0.5) is 0 Å². The number of benzene rings is 1. The van der Waals surface area contributed by atoms with Crippen LogP contribution < -0.4 is 4.74 Å². The van der Waals surface area contributed by atoms with Gasteiger partial charge in [0.2, 0.25) is 11.7 Å². The second-order valence-electron chi connectivity index (χ2n) is 7.50. The van der Waals surface area contributed by atoms with E-state index in [-0.39, 0.29) is 6.04 Å². The first kappa shape index (κ1) is 20.2. The van der Waals surface area contributed by atoms with Crippen molar-refractivity contribution in [1.82, 2.24) is 15.0 Å². The Morgan fingerprint density at radius 2 is 2.07 bits per heavy atom. The van der Waals surface area contributed by atoms with E-state index in [9.17, 15) is 5.26 Å². The zero-order valence-electron chi connectivity index (χ0n) is 17.0. The van der Waals surface area contributed by atoms with Crippen LogP contribution in [0.2, 0.25) is 0 Å². The first-order valence-electron chi connectivity index (χ1n) is 10.5. The highest BCUT2D eigenvalue weighted by Gasteiger charge is 2.30. The van der Waals surface area contributed by atoms with Crippen molar-refractivity contribution in [3.8, 4) is 23.3 Å². The lowest BCUT2D eigenvalue weighted by atomic mass is 10.1. The van der Waals surface area contributed by atoms with Gasteiger partial charge in [-0.3, -0.25) is 4.90 Å². The molecule has 0 N–H and O–H groups in total. The van der Waals surface area contributed by atoms with Crippen molar-refractivity contribution in [2.45, 2.75) is 71.3 Å². The molecule has 28 heavy (non-hydrogen) atoms. The van der Waals surface area contributed by atoms with Crippen LogP contribution in [0.15, 0.2) is 22.7 Å². The Hall–Kier alpha value is -2.55. The maximum absolute atomic E-state index is 9.20. The van der Waals surface area contributed by atoms with E-state index in [1.165, 1.54) is 32.1 Å². The molecule has 0 aliphatic carbocycles. The van der Waals surface area contributed by atoms with E-state index < -0.39 is 0 Å². The smallest absolute Gasteiger partial charge is 0.250 e. The summed E-state index contributed by atoms with van der Waals surface area (Å²) in [4.78, 5) is 6.24. The van der Waals surface area contributed by atoms with Crippen LogP contribution in [0.5, 0.6) is 5.75 Å². The van der Waals surface area contributed by atoms with Crippen LogP contribution in [0.25, 0.3) is 11.4 Å². The van der Waals surface area contributed by atoms with Crippen molar-refractivity contribution in [2.24, 2.45) is 0 Å². The Balaban J connectivity index is 1.55. The molecule has 1 aromatic heterocycles. The zero-order valence-corrected chi connectivity index (χ0v) is 17.0. The topological polar surface area (TPSA) is 75.2 Å². The number of nitrogens with zero attached hydrogens (tertiary/aromatic N) is 4. The quantitative estimate of drug-likeness (QED) is 0.404. The molecule has 3 rings (SSSR count). The fourth-order valence-electron chi connectivity index (χ4n) is 3.65. The summed E-state index contributed by atoms with van der Waals surface area (Å²) >= 11 is 0. The van der Waals surface area contributed by atoms with Gasteiger partial charge >= 0.3 is 0 Å². The molecule has 2 heterocycles. The Morgan fingerprint density at radius 1 is 1.25 bits per heavy atom. The number of rotatable bonds is 10. The predicted molar refractivity (Wildman–Crippen MR) is 108 cm³/mol. The van der Waals surface area contributed by atoms with Gasteiger partial charge in [0.15, 0.2) is 6.19 Å². The highest BCUT2D eigenvalue weighted by molar-refractivity contribution is 5.58. The molecule has 6 heteroatoms. The average molecular weight is 383 g/mol. The van der Waals surface area contributed by atoms with Gasteiger partial charge in [-0.1, -0.05) is 44.2 Å². The predicted octanol–water partition coefficient (Wildman–Crippen LogP) is 5.40. The first-order chi connectivity index (χ1) is 13.7. The number of likely N-dealkylation sites (tertiary alicyclic amines) is 1. The van der Waals surface area contributed by atoms with E-state index >= 15 is 0 Å². The van der Waals surface area contributed by atoms with Gasteiger partial charge in [-0.15, -0.1) is 0 Å². The van der Waals surface area contributed by atoms with Crippen LogP contribution in [-0.4, -0.2) is 28.2 Å². The molecule has 1 aromatic carbocycles. The molecular formula is C22H30N4O2. The van der Waals surface area contributed by atoms with E-state index in [0.29, 0.717) is 11.7 Å². The van der Waals surface area contributed by atoms with Crippen molar-refractivity contribution in [3.05, 3.63) is 29.7 Å². The van der Waals surface area contributed by atoms with Crippen LogP contribution in [0.1, 0.15) is 75.8 Å². The number of aryl methyl sites for hydroxylation is 1. The minimum atomic E-state index is -0.0905. The van der Waals surface area contributed by atoms with Crippen molar-refractivity contribution in [2.75, 3.05) is 13.2 Å². The summed E-state index contributed by atoms with van der Waals surface area (Å²) in [7, 11) is 0. The number of hydrogen-bond acceptors (Lipinski definition) is 6. The molecule has 0 amide bonds. The van der Waals surface area contributed by atoms with Crippen LogP contribution in [-0.2, 0) is 0 Å². The zero-order chi connectivity index (χ0) is 19.8. The number of aromatic nitrogens is 2. The third-order valence-electron chi connectivity index (χ3n) is 5.30. The van der Waals surface area contributed by atoms with Gasteiger partial charge < -0.3 is 9.26 Å². The van der Waals surface area contributed by atoms with Gasteiger partial charge in [0.1, 0.15) is 11.8 Å². The molecule has 0 unspecified atom stereocenters. The Kier molecular flexibility index (Phi) is 7.30. The molecule has 150 valence electrons. The summed E-state index contributed by atoms with van der Waals surface area (Å²) < 4.78 is 11.4. The van der Waals surface area contributed by atoms with Crippen LogP contribution in [0.3, 0.4) is 0 Å². The second-order valence-corrected chi connectivity index (χ2v) is 7.50. The number of nitriles is 1. The van der Waals surface area contributed by atoms with E-state index in [1.807, 2.05) is 25.1 Å². The molecule has 0 spiro atoms. The molecule has 1 saturated heterocycles.